The molecule has 0 bridgehead atoms. The molecule has 1 N–H and O–H groups in total. The van der Waals surface area contributed by atoms with Crippen LogP contribution in [0.5, 0.6) is 11.5 Å². The molecule has 0 fully saturated rings. The van der Waals surface area contributed by atoms with Gasteiger partial charge in [-0.1, -0.05) is 25.8 Å². The SMILES string of the molecule is CCCCCOc1ccc(C2C(C(=O)c3ccco3)=C(O)C(=O)N2Cc2ccco2)cc1OC. The first kappa shape index (κ1) is 23.2. The van der Waals surface area contributed by atoms with Gasteiger partial charge < -0.3 is 28.3 Å². The van der Waals surface area contributed by atoms with Crippen molar-refractivity contribution < 1.29 is 33.0 Å². The van der Waals surface area contributed by atoms with E-state index in [9.17, 15) is 14.7 Å². The second kappa shape index (κ2) is 10.3. The van der Waals surface area contributed by atoms with Crippen LogP contribution in [0.15, 0.2) is 75.2 Å². The first-order chi connectivity index (χ1) is 16.5. The summed E-state index contributed by atoms with van der Waals surface area (Å²) in [5.74, 6) is -0.275. The first-order valence-corrected chi connectivity index (χ1v) is 11.2. The molecule has 8 nitrogen and oxygen atoms in total. The molecule has 2 aromatic heterocycles. The standard InChI is InChI=1S/C26H27NO7/c1-3-4-5-12-33-19-11-10-17(15-21(19)31-2)23-22(24(28)20-9-7-14-34-20)25(29)26(30)27(23)16-18-8-6-13-32-18/h6-11,13-15,23,29H,3-5,12,16H2,1-2H3. The Morgan fingerprint density at radius 3 is 2.56 bits per heavy atom. The summed E-state index contributed by atoms with van der Waals surface area (Å²) in [5, 5.41) is 10.7. The fourth-order valence-electron chi connectivity index (χ4n) is 4.01. The number of furan rings is 2. The molecule has 0 radical (unpaired) electrons. The monoisotopic (exact) mass is 465 g/mol. The smallest absolute Gasteiger partial charge is 0.290 e. The fraction of sp³-hybridized carbons (Fsp3) is 0.308. The molecule has 3 heterocycles. The highest BCUT2D eigenvalue weighted by molar-refractivity contribution is 6.15. The Bertz CT molecular complexity index is 1160. The summed E-state index contributed by atoms with van der Waals surface area (Å²) in [5.41, 5.74) is 0.516. The van der Waals surface area contributed by atoms with Crippen molar-refractivity contribution in [3.8, 4) is 11.5 Å². The number of benzene rings is 1. The van der Waals surface area contributed by atoms with Crippen molar-refractivity contribution in [1.29, 1.82) is 0 Å². The van der Waals surface area contributed by atoms with Gasteiger partial charge in [0, 0.05) is 0 Å². The number of methoxy groups -OCH3 is 1. The molecule has 1 aromatic carbocycles. The quantitative estimate of drug-likeness (QED) is 0.306. The number of amides is 1. The second-order valence-electron chi connectivity index (χ2n) is 7.95. The number of nitrogens with zero attached hydrogens (tertiary/aromatic N) is 1. The van der Waals surface area contributed by atoms with Gasteiger partial charge in [0.25, 0.3) is 5.91 Å². The lowest BCUT2D eigenvalue weighted by molar-refractivity contribution is -0.130. The van der Waals surface area contributed by atoms with Gasteiger partial charge in [-0.15, -0.1) is 0 Å². The Morgan fingerprint density at radius 2 is 1.88 bits per heavy atom. The van der Waals surface area contributed by atoms with E-state index in [1.165, 1.54) is 30.6 Å². The van der Waals surface area contributed by atoms with Crippen molar-refractivity contribution in [2.75, 3.05) is 13.7 Å². The molecule has 1 aliphatic heterocycles. The van der Waals surface area contributed by atoms with Gasteiger partial charge in [0.1, 0.15) is 5.76 Å². The second-order valence-corrected chi connectivity index (χ2v) is 7.95. The summed E-state index contributed by atoms with van der Waals surface area (Å²) < 4.78 is 22.1. The number of Topliss-reactive ketones (excluding diaryl/α,β-unsaturated/α-hetero) is 1. The summed E-state index contributed by atoms with van der Waals surface area (Å²) in [6, 6.07) is 10.9. The van der Waals surface area contributed by atoms with E-state index < -0.39 is 23.5 Å². The van der Waals surface area contributed by atoms with Crippen molar-refractivity contribution in [3.05, 3.63) is 83.4 Å². The average Bonchev–Trinajstić information content (AvgIpc) is 3.61. The highest BCUT2D eigenvalue weighted by Crippen LogP contribution is 2.42. The van der Waals surface area contributed by atoms with Crippen molar-refractivity contribution in [2.24, 2.45) is 0 Å². The predicted octanol–water partition coefficient (Wildman–Crippen LogP) is 5.23. The van der Waals surface area contributed by atoms with Crippen LogP contribution < -0.4 is 9.47 Å². The van der Waals surface area contributed by atoms with E-state index in [1.807, 2.05) is 0 Å². The van der Waals surface area contributed by atoms with Gasteiger partial charge in [-0.05, 0) is 48.4 Å². The molecule has 0 spiro atoms. The van der Waals surface area contributed by atoms with E-state index in [2.05, 4.69) is 6.92 Å². The van der Waals surface area contributed by atoms with Crippen LogP contribution in [0, 0.1) is 0 Å². The van der Waals surface area contributed by atoms with Crippen molar-refractivity contribution in [2.45, 2.75) is 38.8 Å². The molecule has 4 rings (SSSR count). The third-order valence-corrected chi connectivity index (χ3v) is 5.71. The maximum atomic E-state index is 13.3. The van der Waals surface area contributed by atoms with Gasteiger partial charge >= 0.3 is 0 Å². The van der Waals surface area contributed by atoms with Crippen LogP contribution in [0.4, 0.5) is 0 Å². The summed E-state index contributed by atoms with van der Waals surface area (Å²) in [6.45, 7) is 2.74. The zero-order valence-electron chi connectivity index (χ0n) is 19.2. The largest absolute Gasteiger partial charge is 0.503 e. The Kier molecular flexibility index (Phi) is 7.06. The van der Waals surface area contributed by atoms with Crippen LogP contribution in [0.25, 0.3) is 0 Å². The number of carbonyl (C=O) groups is 2. The predicted molar refractivity (Wildman–Crippen MR) is 123 cm³/mol. The van der Waals surface area contributed by atoms with E-state index >= 15 is 0 Å². The molecule has 0 aliphatic carbocycles. The van der Waals surface area contributed by atoms with E-state index in [1.54, 1.807) is 36.4 Å². The van der Waals surface area contributed by atoms with Gasteiger partial charge in [0.15, 0.2) is 23.0 Å². The van der Waals surface area contributed by atoms with Crippen LogP contribution in [0.3, 0.4) is 0 Å². The van der Waals surface area contributed by atoms with Crippen LogP contribution >= 0.6 is 0 Å². The Labute approximate surface area is 197 Å². The van der Waals surface area contributed by atoms with Crippen molar-refractivity contribution >= 4 is 11.7 Å². The summed E-state index contributed by atoms with van der Waals surface area (Å²) in [7, 11) is 1.53. The number of carbonyl (C=O) groups excluding carboxylic acids is 2. The van der Waals surface area contributed by atoms with Gasteiger partial charge in [-0.2, -0.15) is 0 Å². The highest BCUT2D eigenvalue weighted by atomic mass is 16.5. The topological polar surface area (TPSA) is 102 Å². The lowest BCUT2D eigenvalue weighted by Gasteiger charge is -2.26. The van der Waals surface area contributed by atoms with E-state index in [4.69, 9.17) is 18.3 Å². The van der Waals surface area contributed by atoms with Gasteiger partial charge in [-0.25, -0.2) is 0 Å². The maximum Gasteiger partial charge on any atom is 0.290 e. The van der Waals surface area contributed by atoms with E-state index in [-0.39, 0.29) is 17.9 Å². The Balaban J connectivity index is 1.72. The number of aliphatic hydroxyl groups is 1. The lowest BCUT2D eigenvalue weighted by atomic mass is 9.94. The molecule has 178 valence electrons. The van der Waals surface area contributed by atoms with Gasteiger partial charge in [-0.3, -0.25) is 9.59 Å². The summed E-state index contributed by atoms with van der Waals surface area (Å²) >= 11 is 0. The number of rotatable bonds is 11. The van der Waals surface area contributed by atoms with Crippen molar-refractivity contribution in [1.82, 2.24) is 4.90 Å². The molecule has 0 saturated heterocycles. The van der Waals surface area contributed by atoms with Crippen LogP contribution in [-0.2, 0) is 11.3 Å². The maximum absolute atomic E-state index is 13.3. The molecule has 1 atom stereocenters. The normalized spacial score (nSPS) is 15.8. The molecular formula is C26H27NO7. The first-order valence-electron chi connectivity index (χ1n) is 11.2. The zero-order valence-corrected chi connectivity index (χ0v) is 19.2. The van der Waals surface area contributed by atoms with Crippen LogP contribution in [0.1, 0.15) is 54.1 Å². The summed E-state index contributed by atoms with van der Waals surface area (Å²) in [4.78, 5) is 27.7. The number of unbranched alkanes of at least 4 members (excludes halogenated alkanes) is 2. The minimum Gasteiger partial charge on any atom is -0.503 e. The summed E-state index contributed by atoms with van der Waals surface area (Å²) in [6.07, 6.45) is 5.94. The number of hydrogen-bond donors (Lipinski definition) is 1. The molecular weight excluding hydrogens is 438 g/mol. The molecule has 3 aromatic rings. The molecule has 1 unspecified atom stereocenters. The lowest BCUT2D eigenvalue weighted by Crippen LogP contribution is -2.30. The minimum atomic E-state index is -0.877. The number of hydrogen-bond acceptors (Lipinski definition) is 7. The van der Waals surface area contributed by atoms with E-state index in [0.717, 1.165) is 19.3 Å². The fourth-order valence-corrected chi connectivity index (χ4v) is 4.01. The third-order valence-electron chi connectivity index (χ3n) is 5.71. The molecule has 1 amide bonds. The molecule has 34 heavy (non-hydrogen) atoms. The Morgan fingerprint density at radius 1 is 1.09 bits per heavy atom. The van der Waals surface area contributed by atoms with Gasteiger partial charge in [0.2, 0.25) is 5.78 Å². The zero-order chi connectivity index (χ0) is 24.1. The van der Waals surface area contributed by atoms with Crippen molar-refractivity contribution in [3.63, 3.8) is 0 Å². The number of aliphatic hydroxyl groups excluding tert-OH is 1. The minimum absolute atomic E-state index is 0.0297. The van der Waals surface area contributed by atoms with E-state index in [0.29, 0.717) is 29.4 Å². The molecule has 1 aliphatic rings. The average molecular weight is 466 g/mol. The number of ketones is 1. The van der Waals surface area contributed by atoms with Crippen LogP contribution in [0.2, 0.25) is 0 Å². The third kappa shape index (κ3) is 4.57. The van der Waals surface area contributed by atoms with Gasteiger partial charge in [0.05, 0.1) is 44.4 Å². The molecule has 0 saturated carbocycles. The Hall–Kier alpha value is -3.94. The van der Waals surface area contributed by atoms with Crippen LogP contribution in [-0.4, -0.2) is 35.4 Å². The molecule has 8 heteroatoms. The number of ether oxygens (including phenoxy) is 2. The highest BCUT2D eigenvalue weighted by Gasteiger charge is 2.45.